The fourth-order valence-corrected chi connectivity index (χ4v) is 2.88. The van der Waals surface area contributed by atoms with Crippen LogP contribution >= 0.6 is 0 Å². The molecule has 0 aliphatic heterocycles. The summed E-state index contributed by atoms with van der Waals surface area (Å²) in [6.45, 7) is 0.323. The lowest BCUT2D eigenvalue weighted by atomic mass is 10.0. The Morgan fingerprint density at radius 3 is 2.77 bits per heavy atom. The van der Waals surface area contributed by atoms with Crippen LogP contribution in [0.15, 0.2) is 52.9 Å². The molecule has 0 radical (unpaired) electrons. The summed E-state index contributed by atoms with van der Waals surface area (Å²) < 4.78 is 11.2. The molecule has 1 fully saturated rings. The molecule has 0 bridgehead atoms. The molecular formula is C22H19NO3. The third-order valence-corrected chi connectivity index (χ3v) is 4.39. The zero-order valence-corrected chi connectivity index (χ0v) is 14.5. The van der Waals surface area contributed by atoms with E-state index in [0.717, 1.165) is 16.5 Å². The lowest BCUT2D eigenvalue weighted by Crippen LogP contribution is -2.23. The van der Waals surface area contributed by atoms with Gasteiger partial charge in [-0.1, -0.05) is 42.2 Å². The number of rotatable bonds is 4. The summed E-state index contributed by atoms with van der Waals surface area (Å²) in [5.74, 6) is 7.40. The predicted molar refractivity (Wildman–Crippen MR) is 101 cm³/mol. The van der Waals surface area contributed by atoms with E-state index in [0.29, 0.717) is 29.6 Å². The Hall–Kier alpha value is -3.19. The number of hydrogen-bond donors (Lipinski definition) is 1. The third-order valence-electron chi connectivity index (χ3n) is 4.39. The number of amides is 1. The van der Waals surface area contributed by atoms with Crippen molar-refractivity contribution in [3.05, 3.63) is 54.3 Å². The minimum absolute atomic E-state index is 0.260. The van der Waals surface area contributed by atoms with Crippen LogP contribution in [0.5, 0.6) is 5.75 Å². The van der Waals surface area contributed by atoms with Gasteiger partial charge in [-0.15, -0.1) is 0 Å². The molecule has 4 nitrogen and oxygen atoms in total. The number of methoxy groups -OCH3 is 1. The van der Waals surface area contributed by atoms with Crippen LogP contribution in [0.25, 0.3) is 22.1 Å². The quantitative estimate of drug-likeness (QED) is 0.719. The highest BCUT2D eigenvalue weighted by Gasteiger charge is 2.22. The first kappa shape index (κ1) is 16.3. The standard InChI is InChI=1S/C22H19NO3/c1-25-17-11-12-18-19(14-17)26-21(20(18)16-7-3-2-4-8-16)22(24)23-13-5-6-15-9-10-15/h2-4,7-8,11-12,14-15H,9-10,13H2,1H3,(H,23,24). The van der Waals surface area contributed by atoms with Crippen LogP contribution in [0.3, 0.4) is 0 Å². The zero-order valence-electron chi connectivity index (χ0n) is 14.5. The second kappa shape index (κ2) is 6.97. The van der Waals surface area contributed by atoms with Crippen molar-refractivity contribution < 1.29 is 13.9 Å². The number of nitrogens with one attached hydrogen (secondary N) is 1. The van der Waals surface area contributed by atoms with Crippen molar-refractivity contribution in [2.75, 3.05) is 13.7 Å². The molecule has 0 saturated heterocycles. The Bertz CT molecular complexity index is 1000. The number of furan rings is 1. The van der Waals surface area contributed by atoms with Gasteiger partial charge in [0, 0.05) is 22.9 Å². The summed E-state index contributed by atoms with van der Waals surface area (Å²) in [5, 5.41) is 3.73. The average molecular weight is 345 g/mol. The molecule has 0 spiro atoms. The van der Waals surface area contributed by atoms with Gasteiger partial charge in [0.1, 0.15) is 11.3 Å². The molecule has 1 N–H and O–H groups in total. The van der Waals surface area contributed by atoms with E-state index in [1.165, 1.54) is 12.8 Å². The van der Waals surface area contributed by atoms with Crippen LogP contribution in [0.1, 0.15) is 23.4 Å². The molecule has 26 heavy (non-hydrogen) atoms. The normalized spacial score (nSPS) is 13.1. The smallest absolute Gasteiger partial charge is 0.288 e. The molecule has 4 rings (SSSR count). The molecule has 1 saturated carbocycles. The number of carbonyl (C=O) groups is 1. The lowest BCUT2D eigenvalue weighted by Gasteiger charge is -2.03. The van der Waals surface area contributed by atoms with Gasteiger partial charge < -0.3 is 14.5 Å². The van der Waals surface area contributed by atoms with Gasteiger partial charge in [-0.05, 0) is 30.5 Å². The van der Waals surface area contributed by atoms with Gasteiger partial charge >= 0.3 is 0 Å². The topological polar surface area (TPSA) is 51.5 Å². The van der Waals surface area contributed by atoms with E-state index in [1.807, 2.05) is 42.5 Å². The molecule has 0 unspecified atom stereocenters. The average Bonchev–Trinajstić information content (AvgIpc) is 3.43. The number of hydrogen-bond acceptors (Lipinski definition) is 3. The summed E-state index contributed by atoms with van der Waals surface area (Å²) in [6.07, 6.45) is 2.34. The van der Waals surface area contributed by atoms with Crippen LogP contribution in [0.2, 0.25) is 0 Å². The van der Waals surface area contributed by atoms with E-state index < -0.39 is 0 Å². The van der Waals surface area contributed by atoms with Crippen LogP contribution in [0.4, 0.5) is 0 Å². The van der Waals surface area contributed by atoms with Gasteiger partial charge in [0.15, 0.2) is 0 Å². The number of benzene rings is 2. The molecule has 130 valence electrons. The van der Waals surface area contributed by atoms with Gasteiger partial charge in [0.25, 0.3) is 5.91 Å². The molecule has 1 amide bonds. The first-order chi connectivity index (χ1) is 12.8. The minimum Gasteiger partial charge on any atom is -0.497 e. The fraction of sp³-hybridized carbons (Fsp3) is 0.227. The van der Waals surface area contributed by atoms with Gasteiger partial charge in [-0.3, -0.25) is 4.79 Å². The second-order valence-corrected chi connectivity index (χ2v) is 6.31. The number of fused-ring (bicyclic) bond motifs is 1. The van der Waals surface area contributed by atoms with Crippen molar-refractivity contribution in [3.63, 3.8) is 0 Å². The molecule has 1 aliphatic rings. The van der Waals surface area contributed by atoms with Crippen LogP contribution < -0.4 is 10.1 Å². The van der Waals surface area contributed by atoms with E-state index in [2.05, 4.69) is 17.2 Å². The zero-order chi connectivity index (χ0) is 17.9. The van der Waals surface area contributed by atoms with Crippen LogP contribution in [-0.4, -0.2) is 19.6 Å². The first-order valence-corrected chi connectivity index (χ1v) is 8.69. The summed E-state index contributed by atoms with van der Waals surface area (Å²) >= 11 is 0. The van der Waals surface area contributed by atoms with E-state index in [-0.39, 0.29) is 5.91 Å². The Labute approximate surface area is 152 Å². The molecular weight excluding hydrogens is 326 g/mol. The minimum atomic E-state index is -0.260. The van der Waals surface area contributed by atoms with Crippen molar-refractivity contribution in [1.82, 2.24) is 5.32 Å². The maximum absolute atomic E-state index is 12.7. The molecule has 3 aromatic rings. The summed E-state index contributed by atoms with van der Waals surface area (Å²) in [7, 11) is 1.61. The predicted octanol–water partition coefficient (Wildman–Crippen LogP) is 4.25. The summed E-state index contributed by atoms with van der Waals surface area (Å²) in [6, 6.07) is 15.4. The van der Waals surface area contributed by atoms with Gasteiger partial charge in [0.2, 0.25) is 5.76 Å². The van der Waals surface area contributed by atoms with E-state index in [4.69, 9.17) is 9.15 Å². The Morgan fingerprint density at radius 1 is 1.23 bits per heavy atom. The van der Waals surface area contributed by atoms with Gasteiger partial charge in [0.05, 0.1) is 13.7 Å². The highest BCUT2D eigenvalue weighted by Crippen LogP contribution is 2.36. The van der Waals surface area contributed by atoms with Crippen LogP contribution in [-0.2, 0) is 0 Å². The van der Waals surface area contributed by atoms with Crippen molar-refractivity contribution in [3.8, 4) is 28.7 Å². The van der Waals surface area contributed by atoms with Crippen LogP contribution in [0, 0.1) is 17.8 Å². The third kappa shape index (κ3) is 3.29. The Kier molecular flexibility index (Phi) is 4.37. The monoisotopic (exact) mass is 345 g/mol. The summed E-state index contributed by atoms with van der Waals surface area (Å²) in [5.41, 5.74) is 2.35. The van der Waals surface area contributed by atoms with E-state index in [1.54, 1.807) is 13.2 Å². The Morgan fingerprint density at radius 2 is 2.04 bits per heavy atom. The molecule has 1 heterocycles. The number of carbonyl (C=O) groups excluding carboxylic acids is 1. The second-order valence-electron chi connectivity index (χ2n) is 6.31. The molecule has 0 atom stereocenters. The van der Waals surface area contributed by atoms with Gasteiger partial charge in [-0.25, -0.2) is 0 Å². The number of ether oxygens (including phenoxy) is 1. The van der Waals surface area contributed by atoms with E-state index >= 15 is 0 Å². The molecule has 4 heteroatoms. The first-order valence-electron chi connectivity index (χ1n) is 8.69. The van der Waals surface area contributed by atoms with Crippen molar-refractivity contribution in [2.24, 2.45) is 5.92 Å². The molecule has 1 aliphatic carbocycles. The summed E-state index contributed by atoms with van der Waals surface area (Å²) in [4.78, 5) is 12.7. The maximum Gasteiger partial charge on any atom is 0.288 e. The van der Waals surface area contributed by atoms with Crippen molar-refractivity contribution in [1.29, 1.82) is 0 Å². The Balaban J connectivity index is 1.72. The molecule has 1 aromatic heterocycles. The lowest BCUT2D eigenvalue weighted by molar-refractivity contribution is 0.0934. The van der Waals surface area contributed by atoms with Crippen molar-refractivity contribution >= 4 is 16.9 Å². The van der Waals surface area contributed by atoms with Gasteiger partial charge in [-0.2, -0.15) is 0 Å². The largest absolute Gasteiger partial charge is 0.497 e. The van der Waals surface area contributed by atoms with Crippen molar-refractivity contribution in [2.45, 2.75) is 12.8 Å². The SMILES string of the molecule is COc1ccc2c(-c3ccccc3)c(C(=O)NCC#CC3CC3)oc2c1. The van der Waals surface area contributed by atoms with E-state index in [9.17, 15) is 4.79 Å². The maximum atomic E-state index is 12.7. The highest BCUT2D eigenvalue weighted by molar-refractivity contribution is 6.08. The molecule has 2 aromatic carbocycles. The highest BCUT2D eigenvalue weighted by atomic mass is 16.5. The fourth-order valence-electron chi connectivity index (χ4n) is 2.88.